The van der Waals surface area contributed by atoms with Crippen LogP contribution in [0, 0.1) is 0 Å². The summed E-state index contributed by atoms with van der Waals surface area (Å²) in [7, 11) is 1.61. The molecule has 1 fully saturated rings. The van der Waals surface area contributed by atoms with Gasteiger partial charge in [-0.25, -0.2) is 9.97 Å². The summed E-state index contributed by atoms with van der Waals surface area (Å²) >= 11 is 1.73. The van der Waals surface area contributed by atoms with Crippen molar-refractivity contribution in [3.8, 4) is 5.75 Å². The van der Waals surface area contributed by atoms with Crippen molar-refractivity contribution >= 4 is 33.2 Å². The van der Waals surface area contributed by atoms with Gasteiger partial charge in [-0.15, -0.1) is 11.3 Å². The van der Waals surface area contributed by atoms with Crippen molar-refractivity contribution < 1.29 is 14.3 Å². The molecule has 0 N–H and O–H groups in total. The maximum atomic E-state index is 13.2. The van der Waals surface area contributed by atoms with Crippen molar-refractivity contribution in [1.29, 1.82) is 0 Å². The molecule has 2 aromatic heterocycles. The largest absolute Gasteiger partial charge is 0.497 e. The number of carbonyl (C=O) groups excluding carboxylic acids is 1. The maximum Gasteiger partial charge on any atom is 0.230 e. The smallest absolute Gasteiger partial charge is 0.230 e. The molecule has 0 radical (unpaired) electrons. The van der Waals surface area contributed by atoms with Crippen molar-refractivity contribution in [3.05, 3.63) is 46.1 Å². The number of nitrogens with zero attached hydrogens (tertiary/aromatic N) is 3. The number of anilines is 1. The standard InChI is InChI=1S/C22H23N3O3S/c1-27-15-8-6-14(7-9-15)19(26)20-23-21(25-10-12-28-13-11-25)18-16-4-2-3-5-17(16)29-22(18)24-20/h6-9H,2-5,10-13H2,1H3. The van der Waals surface area contributed by atoms with Crippen LogP contribution in [0.3, 0.4) is 0 Å². The summed E-state index contributed by atoms with van der Waals surface area (Å²) in [6.45, 7) is 2.93. The Hall–Kier alpha value is -2.51. The number of rotatable bonds is 4. The summed E-state index contributed by atoms with van der Waals surface area (Å²) in [5, 5.41) is 1.15. The number of ether oxygens (including phenoxy) is 2. The molecule has 0 unspecified atom stereocenters. The van der Waals surface area contributed by atoms with Gasteiger partial charge in [-0.05, 0) is 55.5 Å². The lowest BCUT2D eigenvalue weighted by atomic mass is 9.97. The molecular formula is C22H23N3O3S. The average Bonchev–Trinajstić information content (AvgIpc) is 3.17. The molecule has 1 aromatic carbocycles. The van der Waals surface area contributed by atoms with Crippen LogP contribution in [-0.4, -0.2) is 49.2 Å². The lowest BCUT2D eigenvalue weighted by molar-refractivity contribution is 0.102. The fourth-order valence-corrected chi connectivity index (χ4v) is 5.37. The summed E-state index contributed by atoms with van der Waals surface area (Å²) in [6, 6.07) is 7.11. The molecule has 7 heteroatoms. The Morgan fingerprint density at radius 3 is 2.62 bits per heavy atom. The van der Waals surface area contributed by atoms with E-state index in [4.69, 9.17) is 19.4 Å². The van der Waals surface area contributed by atoms with Gasteiger partial charge in [0.15, 0.2) is 0 Å². The Balaban J connectivity index is 1.63. The van der Waals surface area contributed by atoms with Crippen LogP contribution in [0.1, 0.15) is 39.5 Å². The van der Waals surface area contributed by atoms with Crippen molar-refractivity contribution in [2.24, 2.45) is 0 Å². The first-order valence-corrected chi connectivity index (χ1v) is 10.9. The second kappa shape index (κ2) is 7.72. The topological polar surface area (TPSA) is 64.5 Å². The summed E-state index contributed by atoms with van der Waals surface area (Å²) in [4.78, 5) is 27.3. The average molecular weight is 410 g/mol. The number of carbonyl (C=O) groups is 1. The van der Waals surface area contributed by atoms with E-state index in [9.17, 15) is 4.79 Å². The molecule has 1 aliphatic heterocycles. The minimum Gasteiger partial charge on any atom is -0.497 e. The molecule has 3 aromatic rings. The Morgan fingerprint density at radius 1 is 1.10 bits per heavy atom. The SMILES string of the molecule is COc1ccc(C(=O)c2nc(N3CCOCC3)c3c4c(sc3n2)CCCC4)cc1. The van der Waals surface area contributed by atoms with Crippen molar-refractivity contribution in [2.75, 3.05) is 38.3 Å². The Bertz CT molecular complexity index is 1060. The van der Waals surface area contributed by atoms with E-state index in [-0.39, 0.29) is 11.6 Å². The third kappa shape index (κ3) is 3.38. The molecule has 0 saturated carbocycles. The van der Waals surface area contributed by atoms with Gasteiger partial charge >= 0.3 is 0 Å². The first-order valence-electron chi connectivity index (χ1n) is 10.1. The first kappa shape index (κ1) is 18.5. The maximum absolute atomic E-state index is 13.2. The number of aryl methyl sites for hydroxylation is 2. The van der Waals surface area contributed by atoms with Crippen LogP contribution < -0.4 is 9.64 Å². The molecule has 1 saturated heterocycles. The molecule has 2 aliphatic rings. The van der Waals surface area contributed by atoms with E-state index in [1.807, 2.05) is 0 Å². The summed E-state index contributed by atoms with van der Waals surface area (Å²) < 4.78 is 10.7. The van der Waals surface area contributed by atoms with E-state index < -0.39 is 0 Å². The van der Waals surface area contributed by atoms with Crippen LogP contribution in [0.4, 0.5) is 5.82 Å². The molecule has 0 spiro atoms. The monoisotopic (exact) mass is 409 g/mol. The highest BCUT2D eigenvalue weighted by molar-refractivity contribution is 7.19. The minimum atomic E-state index is -0.157. The zero-order valence-corrected chi connectivity index (χ0v) is 17.3. The summed E-state index contributed by atoms with van der Waals surface area (Å²) in [6.07, 6.45) is 4.59. The highest BCUT2D eigenvalue weighted by atomic mass is 32.1. The van der Waals surface area contributed by atoms with E-state index in [0.29, 0.717) is 18.8 Å². The third-order valence-electron chi connectivity index (χ3n) is 5.66. The number of thiophene rings is 1. The number of hydrogen-bond donors (Lipinski definition) is 0. The zero-order valence-electron chi connectivity index (χ0n) is 16.4. The Kier molecular flexibility index (Phi) is 4.93. The first-order chi connectivity index (χ1) is 14.2. The van der Waals surface area contributed by atoms with Gasteiger partial charge in [0.25, 0.3) is 0 Å². The van der Waals surface area contributed by atoms with Crippen LogP contribution >= 0.6 is 11.3 Å². The van der Waals surface area contributed by atoms with Gasteiger partial charge in [0.1, 0.15) is 16.4 Å². The van der Waals surface area contributed by atoms with Crippen molar-refractivity contribution in [3.63, 3.8) is 0 Å². The normalized spacial score (nSPS) is 16.7. The van der Waals surface area contributed by atoms with Crippen LogP contribution in [0.25, 0.3) is 10.2 Å². The summed E-state index contributed by atoms with van der Waals surface area (Å²) in [5.41, 5.74) is 1.96. The molecular weight excluding hydrogens is 386 g/mol. The quantitative estimate of drug-likeness (QED) is 0.613. The number of morpholine rings is 1. The second-order valence-corrected chi connectivity index (χ2v) is 8.50. The van der Waals surface area contributed by atoms with Gasteiger partial charge in [0.2, 0.25) is 11.6 Å². The minimum absolute atomic E-state index is 0.157. The Labute approximate surface area is 173 Å². The number of aromatic nitrogens is 2. The number of hydrogen-bond acceptors (Lipinski definition) is 7. The number of benzene rings is 1. The Morgan fingerprint density at radius 2 is 1.86 bits per heavy atom. The lowest BCUT2D eigenvalue weighted by Gasteiger charge is -2.29. The van der Waals surface area contributed by atoms with Crippen molar-refractivity contribution in [2.45, 2.75) is 25.7 Å². The predicted octanol–water partition coefficient (Wildman–Crippen LogP) is 3.65. The molecule has 0 amide bonds. The van der Waals surface area contributed by atoms with Crippen LogP contribution in [0.5, 0.6) is 5.75 Å². The molecule has 3 heterocycles. The van der Waals surface area contributed by atoms with Crippen LogP contribution in [-0.2, 0) is 17.6 Å². The van der Waals surface area contributed by atoms with Crippen molar-refractivity contribution in [1.82, 2.24) is 9.97 Å². The third-order valence-corrected chi connectivity index (χ3v) is 6.85. The van der Waals surface area contributed by atoms with Crippen LogP contribution in [0.15, 0.2) is 24.3 Å². The number of methoxy groups -OCH3 is 1. The lowest BCUT2D eigenvalue weighted by Crippen LogP contribution is -2.37. The van der Waals surface area contributed by atoms with Gasteiger partial charge < -0.3 is 14.4 Å². The molecule has 1 aliphatic carbocycles. The van der Waals surface area contributed by atoms with E-state index >= 15 is 0 Å². The summed E-state index contributed by atoms with van der Waals surface area (Å²) in [5.74, 6) is 1.73. The van der Waals surface area contributed by atoms with Crippen LogP contribution in [0.2, 0.25) is 0 Å². The van der Waals surface area contributed by atoms with Gasteiger partial charge in [0, 0.05) is 23.5 Å². The van der Waals surface area contributed by atoms with Gasteiger partial charge in [-0.3, -0.25) is 4.79 Å². The highest BCUT2D eigenvalue weighted by Gasteiger charge is 2.26. The van der Waals surface area contributed by atoms with Gasteiger partial charge in [-0.2, -0.15) is 0 Å². The predicted molar refractivity (Wildman–Crippen MR) is 114 cm³/mol. The van der Waals surface area contributed by atoms with E-state index in [1.165, 1.54) is 23.3 Å². The number of ketones is 1. The molecule has 0 atom stereocenters. The fourth-order valence-electron chi connectivity index (χ4n) is 4.12. The molecule has 5 rings (SSSR count). The number of fused-ring (bicyclic) bond motifs is 3. The zero-order chi connectivity index (χ0) is 19.8. The molecule has 6 nitrogen and oxygen atoms in total. The van der Waals surface area contributed by atoms with E-state index in [1.54, 1.807) is 42.7 Å². The molecule has 0 bridgehead atoms. The second-order valence-electron chi connectivity index (χ2n) is 7.42. The van der Waals surface area contributed by atoms with E-state index in [2.05, 4.69) is 4.90 Å². The van der Waals surface area contributed by atoms with Gasteiger partial charge in [0.05, 0.1) is 25.7 Å². The molecule has 150 valence electrons. The van der Waals surface area contributed by atoms with E-state index in [0.717, 1.165) is 47.7 Å². The fraction of sp³-hybridized carbons (Fsp3) is 0.409. The van der Waals surface area contributed by atoms with Gasteiger partial charge in [-0.1, -0.05) is 0 Å². The molecule has 29 heavy (non-hydrogen) atoms. The highest BCUT2D eigenvalue weighted by Crippen LogP contribution is 2.40.